The molecule has 5 nitrogen and oxygen atoms in total. The summed E-state index contributed by atoms with van der Waals surface area (Å²) in [6.07, 6.45) is 2.13. The van der Waals surface area contributed by atoms with Crippen LogP contribution in [0.2, 0.25) is 0 Å². The highest BCUT2D eigenvalue weighted by atomic mass is 79.9. The fraction of sp³-hybridized carbons (Fsp3) is 0.333. The smallest absolute Gasteiger partial charge is 0.239 e. The van der Waals surface area contributed by atoms with Crippen molar-refractivity contribution < 1.29 is 18.4 Å². The van der Waals surface area contributed by atoms with Crippen LogP contribution in [0, 0.1) is 17.6 Å². The van der Waals surface area contributed by atoms with Gasteiger partial charge < -0.3 is 15.1 Å². The van der Waals surface area contributed by atoms with Gasteiger partial charge in [0.2, 0.25) is 11.8 Å². The summed E-state index contributed by atoms with van der Waals surface area (Å²) >= 11 is 3.41. The van der Waals surface area contributed by atoms with E-state index in [0.29, 0.717) is 31.7 Å². The molecule has 0 bridgehead atoms. The van der Waals surface area contributed by atoms with E-state index in [1.807, 2.05) is 18.2 Å². The Kier molecular flexibility index (Phi) is 5.54. The number of hydrogen-bond acceptors (Lipinski definition) is 3. The Morgan fingerprint density at radius 2 is 1.72 bits per heavy atom. The lowest BCUT2D eigenvalue weighted by atomic mass is 10.1. The third-order valence-corrected chi connectivity index (χ3v) is 6.04. The second-order valence-electron chi connectivity index (χ2n) is 7.25. The van der Waals surface area contributed by atoms with E-state index < -0.39 is 23.5 Å². The number of hydrogen-bond donors (Lipinski definition) is 1. The second-order valence-corrected chi connectivity index (χ2v) is 8.11. The average Bonchev–Trinajstić information content (AvgIpc) is 3.32. The third kappa shape index (κ3) is 3.85. The highest BCUT2D eigenvalue weighted by Gasteiger charge is 2.38. The zero-order chi connectivity index (χ0) is 20.5. The van der Waals surface area contributed by atoms with E-state index in [2.05, 4.69) is 21.2 Å². The van der Waals surface area contributed by atoms with Crippen molar-refractivity contribution in [1.82, 2.24) is 0 Å². The van der Waals surface area contributed by atoms with Crippen molar-refractivity contribution in [3.8, 4) is 0 Å². The van der Waals surface area contributed by atoms with Gasteiger partial charge in [-0.15, -0.1) is 0 Å². The number of halogens is 3. The lowest BCUT2D eigenvalue weighted by Crippen LogP contribution is -2.33. The Morgan fingerprint density at radius 1 is 1.07 bits per heavy atom. The summed E-state index contributed by atoms with van der Waals surface area (Å²) in [4.78, 5) is 28.6. The predicted octanol–water partition coefficient (Wildman–Crippen LogP) is 4.32. The molecule has 2 fully saturated rings. The molecule has 2 heterocycles. The Hall–Kier alpha value is -2.48. The lowest BCUT2D eigenvalue weighted by Gasteiger charge is -2.20. The van der Waals surface area contributed by atoms with Gasteiger partial charge in [-0.1, -0.05) is 12.1 Å². The lowest BCUT2D eigenvalue weighted by molar-refractivity contribution is -0.129. The van der Waals surface area contributed by atoms with Crippen LogP contribution >= 0.6 is 15.9 Å². The highest BCUT2D eigenvalue weighted by Crippen LogP contribution is 2.33. The van der Waals surface area contributed by atoms with Crippen molar-refractivity contribution in [3.05, 3.63) is 52.5 Å². The fourth-order valence-corrected chi connectivity index (χ4v) is 4.44. The normalized spacial score (nSPS) is 19.1. The number of anilines is 3. The standard InChI is InChI=1S/C21H20BrF2N3O2/c22-15-5-1-2-6-18(15)27-10-7-14(21(27)29)20(28)25-13-11-16(23)19(17(24)12-13)26-8-3-4-9-26/h1-2,5-6,11-12,14H,3-4,7-10H2,(H,25,28). The van der Waals surface area contributed by atoms with Crippen LogP contribution in [0.5, 0.6) is 0 Å². The molecule has 1 N–H and O–H groups in total. The molecule has 0 aliphatic carbocycles. The van der Waals surface area contributed by atoms with Gasteiger partial charge in [0.15, 0.2) is 11.6 Å². The molecule has 2 aliphatic rings. The molecule has 2 aromatic rings. The van der Waals surface area contributed by atoms with Gasteiger partial charge >= 0.3 is 0 Å². The molecule has 152 valence electrons. The van der Waals surface area contributed by atoms with E-state index in [9.17, 15) is 18.4 Å². The molecule has 2 amide bonds. The van der Waals surface area contributed by atoms with Crippen LogP contribution in [0.25, 0.3) is 0 Å². The van der Waals surface area contributed by atoms with Crippen molar-refractivity contribution in [2.45, 2.75) is 19.3 Å². The third-order valence-electron chi connectivity index (χ3n) is 5.37. The summed E-state index contributed by atoms with van der Waals surface area (Å²) in [5, 5.41) is 2.50. The molecule has 2 aliphatic heterocycles. The summed E-state index contributed by atoms with van der Waals surface area (Å²) < 4.78 is 29.7. The molecule has 8 heteroatoms. The summed E-state index contributed by atoms with van der Waals surface area (Å²) in [5.41, 5.74) is 0.650. The molecule has 4 rings (SSSR count). The number of para-hydroxylation sites is 1. The summed E-state index contributed by atoms with van der Waals surface area (Å²) in [5.74, 6) is -3.21. The first-order valence-electron chi connectivity index (χ1n) is 9.56. The van der Waals surface area contributed by atoms with Crippen LogP contribution in [0.15, 0.2) is 40.9 Å². The molecule has 2 saturated heterocycles. The summed E-state index contributed by atoms with van der Waals surface area (Å²) in [6, 6.07) is 9.49. The molecule has 29 heavy (non-hydrogen) atoms. The Morgan fingerprint density at radius 3 is 2.38 bits per heavy atom. The van der Waals surface area contributed by atoms with E-state index >= 15 is 0 Å². The minimum Gasteiger partial charge on any atom is -0.367 e. The SMILES string of the molecule is O=C(Nc1cc(F)c(N2CCCC2)c(F)c1)C1CCN(c2ccccc2Br)C1=O. The maximum atomic E-state index is 14.5. The van der Waals surface area contributed by atoms with Crippen LogP contribution in [0.4, 0.5) is 25.8 Å². The van der Waals surface area contributed by atoms with Gasteiger partial charge in [0.1, 0.15) is 11.6 Å². The summed E-state index contributed by atoms with van der Waals surface area (Å²) in [6.45, 7) is 1.62. The highest BCUT2D eigenvalue weighted by molar-refractivity contribution is 9.10. The van der Waals surface area contributed by atoms with E-state index in [1.54, 1.807) is 15.9 Å². The maximum Gasteiger partial charge on any atom is 0.239 e. The molecule has 1 unspecified atom stereocenters. The minimum atomic E-state index is -0.897. The zero-order valence-corrected chi connectivity index (χ0v) is 17.2. The zero-order valence-electron chi connectivity index (χ0n) is 15.6. The predicted molar refractivity (Wildman–Crippen MR) is 111 cm³/mol. The van der Waals surface area contributed by atoms with Crippen molar-refractivity contribution in [2.24, 2.45) is 5.92 Å². The number of benzene rings is 2. The first-order chi connectivity index (χ1) is 14.0. The number of nitrogens with zero attached hydrogens (tertiary/aromatic N) is 2. The summed E-state index contributed by atoms with van der Waals surface area (Å²) in [7, 11) is 0. The molecule has 0 aromatic heterocycles. The topological polar surface area (TPSA) is 52.7 Å². The molecule has 0 saturated carbocycles. The monoisotopic (exact) mass is 463 g/mol. The maximum absolute atomic E-state index is 14.5. The van der Waals surface area contributed by atoms with E-state index in [0.717, 1.165) is 29.4 Å². The van der Waals surface area contributed by atoms with Gasteiger partial charge in [0.25, 0.3) is 0 Å². The number of rotatable bonds is 4. The van der Waals surface area contributed by atoms with Gasteiger partial charge in [-0.25, -0.2) is 8.78 Å². The number of nitrogens with one attached hydrogen (secondary N) is 1. The molecule has 1 atom stereocenters. The Labute approximate surface area is 175 Å². The van der Waals surface area contributed by atoms with Crippen molar-refractivity contribution >= 4 is 44.8 Å². The minimum absolute atomic E-state index is 0.0140. The molecular weight excluding hydrogens is 444 g/mol. The quantitative estimate of drug-likeness (QED) is 0.686. The van der Waals surface area contributed by atoms with Crippen LogP contribution in [-0.2, 0) is 9.59 Å². The number of carbonyl (C=O) groups is 2. The number of amides is 2. The van der Waals surface area contributed by atoms with Crippen molar-refractivity contribution in [2.75, 3.05) is 34.8 Å². The van der Waals surface area contributed by atoms with Gasteiger partial charge in [0.05, 0.1) is 5.69 Å². The number of carbonyl (C=O) groups excluding carboxylic acids is 2. The van der Waals surface area contributed by atoms with Crippen LogP contribution in [0.3, 0.4) is 0 Å². The molecular formula is C21H20BrF2N3O2. The largest absolute Gasteiger partial charge is 0.367 e. The van der Waals surface area contributed by atoms with Gasteiger partial charge in [-0.3, -0.25) is 9.59 Å². The van der Waals surface area contributed by atoms with E-state index in [-0.39, 0.29) is 17.3 Å². The first-order valence-corrected chi connectivity index (χ1v) is 10.4. The Bertz CT molecular complexity index is 940. The Balaban J connectivity index is 1.48. The molecule has 2 aromatic carbocycles. The van der Waals surface area contributed by atoms with Gasteiger partial charge in [-0.2, -0.15) is 0 Å². The van der Waals surface area contributed by atoms with Crippen molar-refractivity contribution in [1.29, 1.82) is 0 Å². The van der Waals surface area contributed by atoms with Crippen LogP contribution in [-0.4, -0.2) is 31.4 Å². The second kappa shape index (κ2) is 8.10. The van der Waals surface area contributed by atoms with Gasteiger partial charge in [-0.05, 0) is 59.5 Å². The van der Waals surface area contributed by atoms with E-state index in [4.69, 9.17) is 0 Å². The molecule has 0 spiro atoms. The first kappa shape index (κ1) is 19.8. The fourth-order valence-electron chi connectivity index (χ4n) is 3.94. The average molecular weight is 464 g/mol. The van der Waals surface area contributed by atoms with Crippen LogP contribution in [0.1, 0.15) is 19.3 Å². The van der Waals surface area contributed by atoms with Crippen molar-refractivity contribution in [3.63, 3.8) is 0 Å². The van der Waals surface area contributed by atoms with Crippen LogP contribution < -0.4 is 15.1 Å². The van der Waals surface area contributed by atoms with Gasteiger partial charge in [0, 0.05) is 29.8 Å². The molecule has 0 radical (unpaired) electrons. The van der Waals surface area contributed by atoms with E-state index in [1.165, 1.54) is 0 Å².